The molecule has 0 spiro atoms. The predicted molar refractivity (Wildman–Crippen MR) is 86.5 cm³/mol. The van der Waals surface area contributed by atoms with Crippen LogP contribution in [0.3, 0.4) is 0 Å². The fourth-order valence-corrected chi connectivity index (χ4v) is 2.81. The number of aryl methyl sites for hydroxylation is 1. The van der Waals surface area contributed by atoms with Crippen molar-refractivity contribution in [3.8, 4) is 0 Å². The number of fused-ring (bicyclic) bond motifs is 1. The van der Waals surface area contributed by atoms with Crippen LogP contribution in [0.2, 0.25) is 0 Å². The van der Waals surface area contributed by atoms with Crippen molar-refractivity contribution >= 4 is 38.4 Å². The maximum Gasteiger partial charge on any atom is 0.272 e. The van der Waals surface area contributed by atoms with E-state index in [4.69, 9.17) is 0 Å². The number of aromatic amines is 1. The van der Waals surface area contributed by atoms with Crippen molar-refractivity contribution in [2.45, 2.75) is 19.9 Å². The number of carbonyl (C=O) groups is 1. The first kappa shape index (κ1) is 13.9. The summed E-state index contributed by atoms with van der Waals surface area (Å²) in [6, 6.07) is 7.54. The van der Waals surface area contributed by atoms with Gasteiger partial charge in [-0.15, -0.1) is 0 Å². The molecule has 0 saturated carbocycles. The number of hydrogen-bond acceptors (Lipinski definition) is 2. The average molecular weight is 347 g/mol. The molecule has 0 radical (unpaired) electrons. The highest BCUT2D eigenvalue weighted by Gasteiger charge is 2.14. The van der Waals surface area contributed by atoms with Gasteiger partial charge in [0.15, 0.2) is 0 Å². The number of amides is 1. The summed E-state index contributed by atoms with van der Waals surface area (Å²) in [6.45, 7) is 2.89. The molecule has 21 heavy (non-hydrogen) atoms. The normalized spacial score (nSPS) is 11.0. The number of benzene rings is 1. The Morgan fingerprint density at radius 3 is 3.14 bits per heavy atom. The van der Waals surface area contributed by atoms with Crippen molar-refractivity contribution in [3.63, 3.8) is 0 Å². The fraction of sp³-hybridized carbons (Fsp3) is 0.200. The van der Waals surface area contributed by atoms with E-state index in [0.29, 0.717) is 5.69 Å². The minimum absolute atomic E-state index is 0.128. The van der Waals surface area contributed by atoms with Crippen LogP contribution in [-0.4, -0.2) is 20.7 Å². The molecule has 3 aromatic rings. The standard InChI is InChI=1S/C15H15BrN4O/c1-2-6-20-9-11(16)7-13(20)15(21)18-12-5-3-4-10-8-17-19-14(10)12/h3-5,7-9H,2,6H2,1H3,(H,17,19)(H,18,21). The number of para-hydroxylation sites is 1. The number of rotatable bonds is 4. The zero-order valence-corrected chi connectivity index (χ0v) is 13.1. The Labute approximate surface area is 130 Å². The molecule has 108 valence electrons. The predicted octanol–water partition coefficient (Wildman–Crippen LogP) is 3.79. The van der Waals surface area contributed by atoms with Gasteiger partial charge in [0.05, 0.1) is 17.4 Å². The second-order valence-electron chi connectivity index (χ2n) is 4.83. The Morgan fingerprint density at radius 2 is 2.33 bits per heavy atom. The van der Waals surface area contributed by atoms with E-state index >= 15 is 0 Å². The summed E-state index contributed by atoms with van der Waals surface area (Å²) >= 11 is 3.42. The largest absolute Gasteiger partial charge is 0.342 e. The lowest BCUT2D eigenvalue weighted by Gasteiger charge is -2.09. The molecular weight excluding hydrogens is 332 g/mol. The molecule has 0 unspecified atom stereocenters. The average Bonchev–Trinajstić information content (AvgIpc) is 3.06. The van der Waals surface area contributed by atoms with Crippen LogP contribution < -0.4 is 5.32 Å². The molecule has 0 aliphatic carbocycles. The van der Waals surface area contributed by atoms with Crippen LogP contribution >= 0.6 is 15.9 Å². The summed E-state index contributed by atoms with van der Waals surface area (Å²) < 4.78 is 2.85. The summed E-state index contributed by atoms with van der Waals surface area (Å²) in [5.41, 5.74) is 2.20. The molecule has 0 bridgehead atoms. The molecule has 0 fully saturated rings. The van der Waals surface area contributed by atoms with Gasteiger partial charge in [-0.05, 0) is 34.5 Å². The number of hydrogen-bond donors (Lipinski definition) is 2. The van der Waals surface area contributed by atoms with Gasteiger partial charge in [0, 0.05) is 22.6 Å². The Kier molecular flexibility index (Phi) is 3.79. The maximum atomic E-state index is 12.5. The zero-order chi connectivity index (χ0) is 14.8. The van der Waals surface area contributed by atoms with Gasteiger partial charge in [0.1, 0.15) is 5.69 Å². The molecule has 1 aromatic carbocycles. The summed E-state index contributed by atoms with van der Waals surface area (Å²) in [5.74, 6) is -0.128. The van der Waals surface area contributed by atoms with Gasteiger partial charge in [0.2, 0.25) is 0 Å². The van der Waals surface area contributed by atoms with E-state index in [1.54, 1.807) is 6.20 Å². The zero-order valence-electron chi connectivity index (χ0n) is 11.6. The van der Waals surface area contributed by atoms with Crippen LogP contribution in [0.15, 0.2) is 41.1 Å². The first-order chi connectivity index (χ1) is 10.2. The van der Waals surface area contributed by atoms with E-state index in [0.717, 1.165) is 34.0 Å². The highest BCUT2D eigenvalue weighted by atomic mass is 79.9. The highest BCUT2D eigenvalue weighted by molar-refractivity contribution is 9.10. The molecule has 3 rings (SSSR count). The summed E-state index contributed by atoms with van der Waals surface area (Å²) in [4.78, 5) is 12.5. The maximum absolute atomic E-state index is 12.5. The van der Waals surface area contributed by atoms with Crippen LogP contribution in [0.5, 0.6) is 0 Å². The third-order valence-electron chi connectivity index (χ3n) is 3.29. The highest BCUT2D eigenvalue weighted by Crippen LogP contribution is 2.22. The van der Waals surface area contributed by atoms with Crippen LogP contribution in [0, 0.1) is 0 Å². The number of nitrogens with one attached hydrogen (secondary N) is 2. The topological polar surface area (TPSA) is 62.7 Å². The Balaban J connectivity index is 1.91. The number of carbonyl (C=O) groups excluding carboxylic acids is 1. The molecular formula is C15H15BrN4O. The summed E-state index contributed by atoms with van der Waals surface area (Å²) in [5, 5.41) is 10.8. The third kappa shape index (κ3) is 2.71. The van der Waals surface area contributed by atoms with E-state index in [-0.39, 0.29) is 5.91 Å². The smallest absolute Gasteiger partial charge is 0.272 e. The molecule has 2 aromatic heterocycles. The first-order valence-electron chi connectivity index (χ1n) is 6.78. The van der Waals surface area contributed by atoms with Crippen LogP contribution in [0.25, 0.3) is 10.9 Å². The van der Waals surface area contributed by atoms with Crippen LogP contribution in [0.1, 0.15) is 23.8 Å². The monoisotopic (exact) mass is 346 g/mol. The first-order valence-corrected chi connectivity index (χ1v) is 7.57. The number of anilines is 1. The Bertz CT molecular complexity index is 790. The molecule has 0 aliphatic rings. The van der Waals surface area contributed by atoms with Gasteiger partial charge in [0.25, 0.3) is 5.91 Å². The van der Waals surface area contributed by atoms with Crippen molar-refractivity contribution < 1.29 is 4.79 Å². The molecule has 2 heterocycles. The molecule has 0 atom stereocenters. The van der Waals surface area contributed by atoms with Crippen molar-refractivity contribution in [2.75, 3.05) is 5.32 Å². The lowest BCUT2D eigenvalue weighted by atomic mass is 10.2. The van der Waals surface area contributed by atoms with Crippen molar-refractivity contribution in [3.05, 3.63) is 46.8 Å². The lowest BCUT2D eigenvalue weighted by Crippen LogP contribution is -2.17. The van der Waals surface area contributed by atoms with Gasteiger partial charge in [-0.3, -0.25) is 9.89 Å². The van der Waals surface area contributed by atoms with E-state index < -0.39 is 0 Å². The number of halogens is 1. The molecule has 5 nitrogen and oxygen atoms in total. The second kappa shape index (κ2) is 5.73. The van der Waals surface area contributed by atoms with Gasteiger partial charge in [-0.25, -0.2) is 0 Å². The lowest BCUT2D eigenvalue weighted by molar-refractivity contribution is 0.101. The van der Waals surface area contributed by atoms with E-state index in [1.807, 2.05) is 35.0 Å². The Morgan fingerprint density at radius 1 is 1.48 bits per heavy atom. The van der Waals surface area contributed by atoms with Gasteiger partial charge in [-0.1, -0.05) is 19.1 Å². The minimum Gasteiger partial charge on any atom is -0.342 e. The van der Waals surface area contributed by atoms with Gasteiger partial charge in [-0.2, -0.15) is 5.10 Å². The van der Waals surface area contributed by atoms with E-state index in [1.165, 1.54) is 0 Å². The van der Waals surface area contributed by atoms with Crippen molar-refractivity contribution in [1.29, 1.82) is 0 Å². The number of aromatic nitrogens is 3. The van der Waals surface area contributed by atoms with Crippen molar-refractivity contribution in [1.82, 2.24) is 14.8 Å². The quantitative estimate of drug-likeness (QED) is 0.754. The molecule has 6 heteroatoms. The second-order valence-corrected chi connectivity index (χ2v) is 5.75. The number of H-pyrrole nitrogens is 1. The van der Waals surface area contributed by atoms with Crippen molar-refractivity contribution in [2.24, 2.45) is 0 Å². The molecule has 2 N–H and O–H groups in total. The van der Waals surface area contributed by atoms with Crippen LogP contribution in [-0.2, 0) is 6.54 Å². The SMILES string of the molecule is CCCn1cc(Br)cc1C(=O)Nc1cccc2cn[nH]c12. The van der Waals surface area contributed by atoms with Gasteiger partial charge >= 0.3 is 0 Å². The number of nitrogens with zero attached hydrogens (tertiary/aromatic N) is 2. The van der Waals surface area contributed by atoms with E-state index in [9.17, 15) is 4.79 Å². The molecule has 0 aliphatic heterocycles. The summed E-state index contributed by atoms with van der Waals surface area (Å²) in [6.07, 6.45) is 4.63. The van der Waals surface area contributed by atoms with E-state index in [2.05, 4.69) is 38.4 Å². The summed E-state index contributed by atoms with van der Waals surface area (Å²) in [7, 11) is 0. The minimum atomic E-state index is -0.128. The van der Waals surface area contributed by atoms with Crippen LogP contribution in [0.4, 0.5) is 5.69 Å². The third-order valence-corrected chi connectivity index (χ3v) is 3.72. The molecule has 1 amide bonds. The molecule has 0 saturated heterocycles. The van der Waals surface area contributed by atoms with Gasteiger partial charge < -0.3 is 9.88 Å². The fourth-order valence-electron chi connectivity index (χ4n) is 2.35. The Hall–Kier alpha value is -2.08.